The molecule has 0 amide bonds. The zero-order valence-corrected chi connectivity index (χ0v) is 11.7. The highest BCUT2D eigenvalue weighted by Crippen LogP contribution is 2.32. The third-order valence-corrected chi connectivity index (χ3v) is 5.52. The van der Waals surface area contributed by atoms with Crippen LogP contribution in [0.5, 0.6) is 0 Å². The number of nitrogens with zero attached hydrogens (tertiary/aromatic N) is 3. The van der Waals surface area contributed by atoms with Crippen molar-refractivity contribution in [1.82, 2.24) is 14.6 Å². The number of hydrogen-bond donors (Lipinski definition) is 2. The van der Waals surface area contributed by atoms with Crippen LogP contribution in [0, 0.1) is 0 Å². The minimum Gasteiger partial charge on any atom is -0.391 e. The van der Waals surface area contributed by atoms with Crippen LogP contribution in [0.15, 0.2) is 12.3 Å². The minimum atomic E-state index is -2.92. The highest BCUT2D eigenvalue weighted by Gasteiger charge is 2.28. The fourth-order valence-electron chi connectivity index (χ4n) is 2.68. The molecule has 8 heteroatoms. The molecule has 2 aromatic rings. The summed E-state index contributed by atoms with van der Waals surface area (Å²) in [7, 11) is -2.92. The molecule has 0 aliphatic carbocycles. The Morgan fingerprint density at radius 2 is 2.10 bits per heavy atom. The Balaban J connectivity index is 2.06. The van der Waals surface area contributed by atoms with Crippen LogP contribution in [0.4, 0.5) is 5.82 Å². The average molecular weight is 296 g/mol. The van der Waals surface area contributed by atoms with E-state index in [2.05, 4.69) is 10.1 Å². The molecule has 3 rings (SSSR count). The Hall–Kier alpha value is -1.67. The molecule has 0 spiro atoms. The molecule has 1 fully saturated rings. The fourth-order valence-corrected chi connectivity index (χ4v) is 4.17. The topological polar surface area (TPSA) is 111 Å². The van der Waals surface area contributed by atoms with Crippen LogP contribution < -0.4 is 5.73 Å². The van der Waals surface area contributed by atoms with Gasteiger partial charge in [0.2, 0.25) is 0 Å². The first-order valence-electron chi connectivity index (χ1n) is 6.45. The van der Waals surface area contributed by atoms with Gasteiger partial charge < -0.3 is 10.8 Å². The van der Waals surface area contributed by atoms with E-state index in [1.165, 1.54) is 4.52 Å². The molecule has 20 heavy (non-hydrogen) atoms. The number of nitrogen functional groups attached to an aromatic ring is 1. The first-order valence-corrected chi connectivity index (χ1v) is 8.27. The van der Waals surface area contributed by atoms with E-state index in [0.717, 1.165) is 0 Å². The third kappa shape index (κ3) is 2.14. The highest BCUT2D eigenvalue weighted by molar-refractivity contribution is 7.91. The van der Waals surface area contributed by atoms with E-state index in [1.54, 1.807) is 12.3 Å². The van der Waals surface area contributed by atoms with Crippen LogP contribution in [0.25, 0.3) is 5.65 Å². The summed E-state index contributed by atoms with van der Waals surface area (Å²) in [5.74, 6) is 0.706. The second kappa shape index (κ2) is 4.71. The van der Waals surface area contributed by atoms with Crippen LogP contribution in [0.3, 0.4) is 0 Å². The fraction of sp³-hybridized carbons (Fsp3) is 0.500. The summed E-state index contributed by atoms with van der Waals surface area (Å²) in [4.78, 5) is 4.50. The predicted octanol–water partition coefficient (Wildman–Crippen LogP) is 0.0960. The maximum atomic E-state index is 11.5. The van der Waals surface area contributed by atoms with Crippen molar-refractivity contribution in [1.29, 1.82) is 0 Å². The maximum Gasteiger partial charge on any atom is 0.157 e. The second-order valence-electron chi connectivity index (χ2n) is 5.05. The Kier molecular flexibility index (Phi) is 3.14. The van der Waals surface area contributed by atoms with Gasteiger partial charge in [0.25, 0.3) is 0 Å². The minimum absolute atomic E-state index is 0.0166. The van der Waals surface area contributed by atoms with Gasteiger partial charge in [0, 0.05) is 17.5 Å². The lowest BCUT2D eigenvalue weighted by atomic mass is 9.95. The molecule has 1 aliphatic rings. The van der Waals surface area contributed by atoms with Crippen molar-refractivity contribution in [2.45, 2.75) is 25.4 Å². The molecular weight excluding hydrogens is 280 g/mol. The molecule has 3 heterocycles. The van der Waals surface area contributed by atoms with Crippen molar-refractivity contribution in [2.75, 3.05) is 17.2 Å². The summed E-state index contributed by atoms with van der Waals surface area (Å²) in [6, 6.07) is 1.74. The summed E-state index contributed by atoms with van der Waals surface area (Å²) >= 11 is 0. The van der Waals surface area contributed by atoms with Gasteiger partial charge in [-0.2, -0.15) is 9.61 Å². The number of aliphatic hydroxyl groups is 1. The van der Waals surface area contributed by atoms with Crippen molar-refractivity contribution in [3.63, 3.8) is 0 Å². The average Bonchev–Trinajstić information content (AvgIpc) is 2.87. The van der Waals surface area contributed by atoms with Gasteiger partial charge in [-0.25, -0.2) is 13.4 Å². The molecule has 108 valence electrons. The number of sulfone groups is 1. The van der Waals surface area contributed by atoms with E-state index >= 15 is 0 Å². The predicted molar refractivity (Wildman–Crippen MR) is 74.0 cm³/mol. The number of fused-ring (bicyclic) bond motifs is 1. The number of hydrogen-bond acceptors (Lipinski definition) is 6. The first-order chi connectivity index (χ1) is 9.52. The molecule has 0 aromatic carbocycles. The van der Waals surface area contributed by atoms with Crippen LogP contribution >= 0.6 is 0 Å². The normalized spacial score (nSPS) is 19.4. The Labute approximate surface area is 116 Å². The zero-order chi connectivity index (χ0) is 14.3. The molecule has 0 saturated carbocycles. The summed E-state index contributed by atoms with van der Waals surface area (Å²) in [6.45, 7) is -0.229. The van der Waals surface area contributed by atoms with Gasteiger partial charge in [0.1, 0.15) is 15.7 Å². The number of anilines is 1. The van der Waals surface area contributed by atoms with E-state index in [-0.39, 0.29) is 24.0 Å². The standard InChI is InChI=1S/C12H16N4O3S/c13-12-9(7-17)11(15-10-1-4-14-16(10)12)8-2-5-20(18,19)6-3-8/h1,4,8,17H,2-3,5-7,13H2. The molecule has 1 aliphatic heterocycles. The van der Waals surface area contributed by atoms with Gasteiger partial charge in [-0.3, -0.25) is 0 Å². The van der Waals surface area contributed by atoms with Crippen LogP contribution in [0.2, 0.25) is 0 Å². The van der Waals surface area contributed by atoms with Gasteiger partial charge in [-0.1, -0.05) is 0 Å². The van der Waals surface area contributed by atoms with E-state index in [0.29, 0.717) is 35.6 Å². The molecule has 0 bridgehead atoms. The van der Waals surface area contributed by atoms with Crippen molar-refractivity contribution < 1.29 is 13.5 Å². The zero-order valence-electron chi connectivity index (χ0n) is 10.9. The highest BCUT2D eigenvalue weighted by atomic mass is 32.2. The van der Waals surface area contributed by atoms with Gasteiger partial charge >= 0.3 is 0 Å². The number of aromatic nitrogens is 3. The summed E-state index contributed by atoms with van der Waals surface area (Å²) in [5, 5.41) is 13.6. The van der Waals surface area contributed by atoms with Crippen molar-refractivity contribution in [2.24, 2.45) is 0 Å². The smallest absolute Gasteiger partial charge is 0.157 e. The second-order valence-corrected chi connectivity index (χ2v) is 7.35. The number of aliphatic hydroxyl groups excluding tert-OH is 1. The lowest BCUT2D eigenvalue weighted by molar-refractivity contribution is 0.279. The largest absolute Gasteiger partial charge is 0.391 e. The van der Waals surface area contributed by atoms with E-state index < -0.39 is 9.84 Å². The van der Waals surface area contributed by atoms with Gasteiger partial charge in [-0.05, 0) is 12.8 Å². The van der Waals surface area contributed by atoms with Crippen molar-refractivity contribution in [3.8, 4) is 0 Å². The summed E-state index contributed by atoms with van der Waals surface area (Å²) < 4.78 is 24.5. The van der Waals surface area contributed by atoms with Gasteiger partial charge in [-0.15, -0.1) is 0 Å². The summed E-state index contributed by atoms with van der Waals surface area (Å²) in [5.41, 5.74) is 7.88. The molecular formula is C12H16N4O3S. The number of nitrogens with two attached hydrogens (primary N) is 1. The van der Waals surface area contributed by atoms with E-state index in [1.807, 2.05) is 0 Å². The lowest BCUT2D eigenvalue weighted by Gasteiger charge is -2.24. The molecule has 2 aromatic heterocycles. The Bertz CT molecular complexity index is 739. The number of rotatable bonds is 2. The van der Waals surface area contributed by atoms with Gasteiger partial charge in [0.05, 0.1) is 30.0 Å². The molecule has 7 nitrogen and oxygen atoms in total. The third-order valence-electron chi connectivity index (χ3n) is 3.80. The Morgan fingerprint density at radius 1 is 1.40 bits per heavy atom. The first kappa shape index (κ1) is 13.3. The van der Waals surface area contributed by atoms with Crippen molar-refractivity contribution in [3.05, 3.63) is 23.5 Å². The maximum absolute atomic E-state index is 11.5. The Morgan fingerprint density at radius 3 is 2.75 bits per heavy atom. The van der Waals surface area contributed by atoms with Crippen molar-refractivity contribution >= 4 is 21.3 Å². The molecule has 0 atom stereocenters. The van der Waals surface area contributed by atoms with Crippen LogP contribution in [-0.4, -0.2) is 39.6 Å². The lowest BCUT2D eigenvalue weighted by Crippen LogP contribution is -2.24. The molecule has 1 saturated heterocycles. The molecule has 0 radical (unpaired) electrons. The van der Waals surface area contributed by atoms with E-state index in [9.17, 15) is 13.5 Å². The van der Waals surface area contributed by atoms with Crippen LogP contribution in [-0.2, 0) is 16.4 Å². The van der Waals surface area contributed by atoms with E-state index in [4.69, 9.17) is 5.73 Å². The quantitative estimate of drug-likeness (QED) is 0.813. The van der Waals surface area contributed by atoms with Crippen LogP contribution in [0.1, 0.15) is 30.0 Å². The van der Waals surface area contributed by atoms with Gasteiger partial charge in [0.15, 0.2) is 5.65 Å². The molecule has 3 N–H and O–H groups in total. The SMILES string of the molecule is Nc1c(CO)c(C2CCS(=O)(=O)CC2)nc2ccnn12. The molecule has 0 unspecified atom stereocenters. The summed E-state index contributed by atoms with van der Waals surface area (Å²) in [6.07, 6.45) is 2.63. The monoisotopic (exact) mass is 296 g/mol.